The number of aromatic nitrogens is 2. The highest BCUT2D eigenvalue weighted by molar-refractivity contribution is 9.10. The Balaban J connectivity index is 1.43. The molecule has 2 aromatic rings. The van der Waals surface area contributed by atoms with Crippen LogP contribution in [0.25, 0.3) is 0 Å². The van der Waals surface area contributed by atoms with Crippen LogP contribution in [0.15, 0.2) is 33.1 Å². The Morgan fingerprint density at radius 1 is 1.21 bits per heavy atom. The van der Waals surface area contributed by atoms with Crippen LogP contribution in [0.2, 0.25) is 0 Å². The van der Waals surface area contributed by atoms with E-state index in [4.69, 9.17) is 0 Å². The second-order valence-corrected chi connectivity index (χ2v) is 12.3. The topological polar surface area (TPSA) is 172 Å². The lowest BCUT2D eigenvalue weighted by Gasteiger charge is -2.46. The molecule has 3 unspecified atom stereocenters. The highest BCUT2D eigenvalue weighted by Gasteiger charge is 2.37. The van der Waals surface area contributed by atoms with Gasteiger partial charge in [0.1, 0.15) is 22.9 Å². The average molecular weight is 665 g/mol. The van der Waals surface area contributed by atoms with Crippen molar-refractivity contribution in [1.82, 2.24) is 30.4 Å². The van der Waals surface area contributed by atoms with Crippen molar-refractivity contribution in [2.45, 2.75) is 57.3 Å². The molecule has 42 heavy (non-hydrogen) atoms. The molecule has 4 atom stereocenters. The number of Topliss-reactive ketones (excluding diaryl/α,β-unsaturated/α-hetero) is 1. The molecule has 4 rings (SSSR count). The minimum atomic E-state index is -1.26. The maximum absolute atomic E-state index is 13.2. The zero-order chi connectivity index (χ0) is 30.4. The number of nitrogens with zero attached hydrogens (tertiary/aromatic N) is 3. The van der Waals surface area contributed by atoms with E-state index in [9.17, 15) is 28.8 Å². The normalized spacial score (nSPS) is 20.7. The number of thiazole rings is 1. The van der Waals surface area contributed by atoms with Crippen LogP contribution in [0.3, 0.4) is 0 Å². The van der Waals surface area contributed by atoms with E-state index in [1.54, 1.807) is 5.38 Å². The van der Waals surface area contributed by atoms with Crippen LogP contribution in [0.1, 0.15) is 48.3 Å². The third-order valence-corrected chi connectivity index (χ3v) is 9.17. The molecule has 0 spiro atoms. The summed E-state index contributed by atoms with van der Waals surface area (Å²) in [7, 11) is 3.31. The summed E-state index contributed by atoms with van der Waals surface area (Å²) in [6.07, 6.45) is 5.36. The summed E-state index contributed by atoms with van der Waals surface area (Å²) in [4.78, 5) is 82.0. The van der Waals surface area contributed by atoms with Crippen molar-refractivity contribution < 1.29 is 24.0 Å². The van der Waals surface area contributed by atoms with Gasteiger partial charge < -0.3 is 25.8 Å². The molecule has 4 amide bonds. The Morgan fingerprint density at radius 3 is 2.71 bits per heavy atom. The predicted octanol–water partition coefficient (Wildman–Crippen LogP) is 1.09. The summed E-state index contributed by atoms with van der Waals surface area (Å²) in [5, 5.41) is 12.0. The molecule has 1 aliphatic heterocycles. The quantitative estimate of drug-likeness (QED) is 0.259. The fourth-order valence-corrected chi connectivity index (χ4v) is 6.76. The largest absolute Gasteiger partial charge is 0.353 e. The van der Waals surface area contributed by atoms with Gasteiger partial charge in [-0.25, -0.2) is 4.98 Å². The third kappa shape index (κ3) is 7.89. The molecule has 4 N–H and O–H groups in total. The van der Waals surface area contributed by atoms with Crippen molar-refractivity contribution in [3.05, 3.63) is 43.7 Å². The SMILES string of the molecule is CNC(=O)C(=O)CC[C@H](NC(=O)c1nc(Br)cs1)C(=O)Nc1cccn(CC(=O)NC2C3CCCC(C3)CN2C)c1=O. The molecule has 3 heterocycles. The van der Waals surface area contributed by atoms with Crippen LogP contribution in [0.4, 0.5) is 5.69 Å². The monoisotopic (exact) mass is 663 g/mol. The molecule has 1 aliphatic carbocycles. The molecular weight excluding hydrogens is 630 g/mol. The average Bonchev–Trinajstić information content (AvgIpc) is 3.41. The van der Waals surface area contributed by atoms with Crippen molar-refractivity contribution in [3.8, 4) is 0 Å². The number of anilines is 1. The summed E-state index contributed by atoms with van der Waals surface area (Å²) >= 11 is 4.22. The first kappa shape index (κ1) is 31.5. The van der Waals surface area contributed by atoms with Gasteiger partial charge in [-0.2, -0.15) is 0 Å². The summed E-state index contributed by atoms with van der Waals surface area (Å²) in [5.41, 5.74) is -0.708. The van der Waals surface area contributed by atoms with Crippen molar-refractivity contribution in [3.63, 3.8) is 0 Å². The molecule has 2 aromatic heterocycles. The lowest BCUT2D eigenvalue weighted by molar-refractivity contribution is -0.137. The van der Waals surface area contributed by atoms with Gasteiger partial charge in [-0.1, -0.05) is 6.42 Å². The van der Waals surface area contributed by atoms with E-state index in [-0.39, 0.29) is 42.2 Å². The number of hydrogen-bond acceptors (Lipinski definition) is 9. The Kier molecular flexibility index (Phi) is 10.6. The summed E-state index contributed by atoms with van der Waals surface area (Å²) in [5.74, 6) is -2.28. The van der Waals surface area contributed by atoms with Crippen LogP contribution in [0, 0.1) is 11.8 Å². The number of piperidine rings is 1. The lowest BCUT2D eigenvalue weighted by atomic mass is 9.76. The number of likely N-dealkylation sites (tertiary alicyclic amines) is 1. The fraction of sp³-hybridized carbons (Fsp3) is 0.519. The van der Waals surface area contributed by atoms with E-state index in [2.05, 4.69) is 47.1 Å². The summed E-state index contributed by atoms with van der Waals surface area (Å²) in [6.45, 7) is 0.692. The van der Waals surface area contributed by atoms with Crippen LogP contribution in [-0.4, -0.2) is 76.7 Å². The number of carbonyl (C=O) groups is 5. The molecule has 2 aliphatic rings. The number of pyridine rings is 1. The molecule has 15 heteroatoms. The standard InChI is InChI=1S/C27H34BrN7O6S/c1-29-24(39)19(36)9-8-17(30-25(40)26-32-20(28)14-42-26)23(38)31-18-7-4-10-35(27(18)41)13-21(37)33-22-16-6-3-5-15(11-16)12-34(22)2/h4,7,10,14-17,22H,3,5-6,8-9,11-13H2,1-2H3,(H,29,39)(H,30,40)(H,31,38)(H,33,37)/t15?,16?,17-,22?/m0/s1. The van der Waals surface area contributed by atoms with Gasteiger partial charge >= 0.3 is 0 Å². The van der Waals surface area contributed by atoms with Crippen LogP contribution < -0.4 is 26.8 Å². The summed E-state index contributed by atoms with van der Waals surface area (Å²) in [6, 6.07) is 1.66. The van der Waals surface area contributed by atoms with Gasteiger partial charge in [0, 0.05) is 31.6 Å². The fourth-order valence-electron chi connectivity index (χ4n) is 5.61. The molecule has 1 saturated heterocycles. The van der Waals surface area contributed by atoms with Crippen LogP contribution in [0.5, 0.6) is 0 Å². The molecule has 226 valence electrons. The first-order chi connectivity index (χ1) is 20.0. The molecule has 0 radical (unpaired) electrons. The Labute approximate surface area is 254 Å². The zero-order valence-electron chi connectivity index (χ0n) is 23.4. The van der Waals surface area contributed by atoms with Crippen molar-refractivity contribution >= 4 is 62.4 Å². The van der Waals surface area contributed by atoms with E-state index in [0.717, 1.165) is 37.1 Å². The number of nitrogens with one attached hydrogen (secondary N) is 4. The molecule has 1 saturated carbocycles. The Hall–Kier alpha value is -3.43. The maximum Gasteiger partial charge on any atom is 0.287 e. The van der Waals surface area contributed by atoms with Gasteiger partial charge in [0.05, 0.1) is 6.17 Å². The molecule has 13 nitrogen and oxygen atoms in total. The third-order valence-electron chi connectivity index (χ3n) is 7.62. The number of ketones is 1. The van der Waals surface area contributed by atoms with E-state index < -0.39 is 35.1 Å². The number of likely N-dealkylation sites (N-methyl/N-ethyl adjacent to an activating group) is 1. The van der Waals surface area contributed by atoms with Crippen LogP contribution >= 0.6 is 27.3 Å². The van der Waals surface area contributed by atoms with E-state index in [1.807, 2.05) is 7.05 Å². The number of halogens is 1. The lowest BCUT2D eigenvalue weighted by Crippen LogP contribution is -2.57. The second-order valence-electron chi connectivity index (χ2n) is 10.6. The van der Waals surface area contributed by atoms with Crippen molar-refractivity contribution in [2.75, 3.05) is 26.0 Å². The summed E-state index contributed by atoms with van der Waals surface area (Å²) < 4.78 is 1.65. The van der Waals surface area contributed by atoms with Gasteiger partial charge in [-0.15, -0.1) is 11.3 Å². The number of rotatable bonds is 11. The molecule has 2 fully saturated rings. The highest BCUT2D eigenvalue weighted by Crippen LogP contribution is 2.36. The first-order valence-corrected chi connectivity index (χ1v) is 15.4. The van der Waals surface area contributed by atoms with E-state index in [1.165, 1.54) is 36.4 Å². The molecule has 0 aromatic carbocycles. The number of amides is 4. The van der Waals surface area contributed by atoms with Crippen molar-refractivity contribution in [1.29, 1.82) is 0 Å². The number of fused-ring (bicyclic) bond motifs is 2. The maximum atomic E-state index is 13.2. The van der Waals surface area contributed by atoms with E-state index in [0.29, 0.717) is 16.4 Å². The predicted molar refractivity (Wildman–Crippen MR) is 159 cm³/mol. The van der Waals surface area contributed by atoms with Crippen molar-refractivity contribution in [2.24, 2.45) is 11.8 Å². The highest BCUT2D eigenvalue weighted by atomic mass is 79.9. The Bertz CT molecular complexity index is 1410. The second kappa shape index (κ2) is 14.2. The molecule has 2 bridgehead atoms. The number of hydrogen-bond donors (Lipinski definition) is 4. The number of carbonyl (C=O) groups excluding carboxylic acids is 5. The minimum Gasteiger partial charge on any atom is -0.353 e. The van der Waals surface area contributed by atoms with E-state index >= 15 is 0 Å². The zero-order valence-corrected chi connectivity index (χ0v) is 25.8. The van der Waals surface area contributed by atoms with Gasteiger partial charge in [0.2, 0.25) is 17.6 Å². The van der Waals surface area contributed by atoms with Gasteiger partial charge in [-0.3, -0.25) is 33.7 Å². The van der Waals surface area contributed by atoms with Gasteiger partial charge in [0.15, 0.2) is 5.01 Å². The van der Waals surface area contributed by atoms with Crippen LogP contribution in [-0.2, 0) is 25.7 Å². The first-order valence-electron chi connectivity index (χ1n) is 13.7. The smallest absolute Gasteiger partial charge is 0.287 e. The molecular formula is C27H34BrN7O6S. The van der Waals surface area contributed by atoms with Gasteiger partial charge in [-0.05, 0) is 72.6 Å². The Morgan fingerprint density at radius 2 is 2.00 bits per heavy atom. The minimum absolute atomic E-state index is 0.0812. The van der Waals surface area contributed by atoms with Gasteiger partial charge in [0.25, 0.3) is 17.4 Å².